The molecule has 0 aliphatic heterocycles. The second kappa shape index (κ2) is 6.63. The molecule has 5 heteroatoms. The number of halogens is 1. The van der Waals surface area contributed by atoms with Gasteiger partial charge in [-0.3, -0.25) is 0 Å². The average molecular weight is 322 g/mol. The first-order chi connectivity index (χ1) is 9.22. The molecule has 0 aliphatic carbocycles. The Hall–Kier alpha value is -1.46. The van der Waals surface area contributed by atoms with Crippen molar-refractivity contribution in [3.8, 4) is 5.88 Å². The van der Waals surface area contributed by atoms with Crippen LogP contribution in [0.2, 0.25) is 0 Å². The highest BCUT2D eigenvalue weighted by Crippen LogP contribution is 2.18. The number of aromatic nitrogens is 2. The molecule has 0 fully saturated rings. The van der Waals surface area contributed by atoms with E-state index in [1.165, 1.54) is 5.56 Å². The summed E-state index contributed by atoms with van der Waals surface area (Å²) in [6.45, 7) is 0. The lowest BCUT2D eigenvalue weighted by molar-refractivity contribution is 0.389. The fourth-order valence-corrected chi connectivity index (χ4v) is 2.10. The first kappa shape index (κ1) is 14.0. The van der Waals surface area contributed by atoms with Crippen LogP contribution in [0.5, 0.6) is 5.88 Å². The predicted molar refractivity (Wildman–Crippen MR) is 78.2 cm³/mol. The van der Waals surface area contributed by atoms with E-state index < -0.39 is 0 Å². The number of likely N-dealkylation sites (N-methyl/N-ethyl adjacent to an activating group) is 1. The van der Waals surface area contributed by atoms with Crippen LogP contribution in [0.15, 0.2) is 40.9 Å². The summed E-state index contributed by atoms with van der Waals surface area (Å²) in [4.78, 5) is 0. The summed E-state index contributed by atoms with van der Waals surface area (Å²) >= 11 is 3.44. The van der Waals surface area contributed by atoms with Crippen LogP contribution < -0.4 is 10.1 Å². The van der Waals surface area contributed by atoms with E-state index in [-0.39, 0.29) is 6.04 Å². The normalized spacial score (nSPS) is 12.2. The topological polar surface area (TPSA) is 47.0 Å². The Bertz CT molecular complexity index is 513. The van der Waals surface area contributed by atoms with Crippen LogP contribution >= 0.6 is 15.9 Å². The molecule has 0 saturated carbocycles. The van der Waals surface area contributed by atoms with Gasteiger partial charge < -0.3 is 10.1 Å². The smallest absolute Gasteiger partial charge is 0.233 e. The standard InChI is InChI=1S/C14H16BrN3O/c1-16-13(9-10-3-5-11(15)6-4-10)12-7-8-14(19-2)18-17-12/h3-8,13,16H,9H2,1-2H3. The van der Waals surface area contributed by atoms with Crippen molar-refractivity contribution in [2.75, 3.05) is 14.2 Å². The van der Waals surface area contributed by atoms with Crippen molar-refractivity contribution in [2.24, 2.45) is 0 Å². The third kappa shape index (κ3) is 3.75. The molecule has 100 valence electrons. The van der Waals surface area contributed by atoms with Crippen LogP contribution in [0.1, 0.15) is 17.3 Å². The average Bonchev–Trinajstić information content (AvgIpc) is 2.47. The van der Waals surface area contributed by atoms with Gasteiger partial charge in [0.15, 0.2) is 0 Å². The molecule has 4 nitrogen and oxygen atoms in total. The SMILES string of the molecule is CNC(Cc1ccc(Br)cc1)c1ccc(OC)nn1. The Labute approximate surface area is 121 Å². The van der Waals surface area contributed by atoms with Gasteiger partial charge in [-0.25, -0.2) is 0 Å². The molecule has 1 atom stereocenters. The van der Waals surface area contributed by atoms with Crippen LogP contribution in [0, 0.1) is 0 Å². The van der Waals surface area contributed by atoms with Gasteiger partial charge in [0.25, 0.3) is 0 Å². The summed E-state index contributed by atoms with van der Waals surface area (Å²) in [5.41, 5.74) is 2.16. The third-order valence-corrected chi connectivity index (χ3v) is 3.46. The van der Waals surface area contributed by atoms with Gasteiger partial charge in [-0.15, -0.1) is 5.10 Å². The van der Waals surface area contributed by atoms with E-state index in [1.54, 1.807) is 7.11 Å². The van der Waals surface area contributed by atoms with Crippen LogP contribution in [0.25, 0.3) is 0 Å². The number of hydrogen-bond donors (Lipinski definition) is 1. The van der Waals surface area contributed by atoms with E-state index in [9.17, 15) is 0 Å². The molecule has 1 N–H and O–H groups in total. The molecule has 1 aromatic heterocycles. The first-order valence-electron chi connectivity index (χ1n) is 6.02. The lowest BCUT2D eigenvalue weighted by atomic mass is 10.0. The maximum atomic E-state index is 5.01. The van der Waals surface area contributed by atoms with Gasteiger partial charge in [-0.1, -0.05) is 28.1 Å². The molecular formula is C14H16BrN3O. The lowest BCUT2D eigenvalue weighted by Gasteiger charge is -2.15. The zero-order valence-corrected chi connectivity index (χ0v) is 12.5. The summed E-state index contributed by atoms with van der Waals surface area (Å²) in [6.07, 6.45) is 0.866. The molecule has 2 rings (SSSR count). The minimum atomic E-state index is 0.139. The number of nitrogens with one attached hydrogen (secondary N) is 1. The Morgan fingerprint density at radius 2 is 1.89 bits per heavy atom. The van der Waals surface area contributed by atoms with E-state index >= 15 is 0 Å². The number of methoxy groups -OCH3 is 1. The molecule has 1 heterocycles. The summed E-state index contributed by atoms with van der Waals surface area (Å²) in [6, 6.07) is 12.2. The number of benzene rings is 1. The van der Waals surface area contributed by atoms with Crippen molar-refractivity contribution in [3.63, 3.8) is 0 Å². The molecule has 1 unspecified atom stereocenters. The first-order valence-corrected chi connectivity index (χ1v) is 6.81. The van der Waals surface area contributed by atoms with Gasteiger partial charge >= 0.3 is 0 Å². The molecule has 1 aromatic carbocycles. The van der Waals surface area contributed by atoms with Crippen LogP contribution in [-0.4, -0.2) is 24.4 Å². The Morgan fingerprint density at radius 3 is 2.42 bits per heavy atom. The highest BCUT2D eigenvalue weighted by atomic mass is 79.9. The van der Waals surface area contributed by atoms with E-state index in [4.69, 9.17) is 4.74 Å². The molecule has 19 heavy (non-hydrogen) atoms. The van der Waals surface area contributed by atoms with Gasteiger partial charge in [-0.05, 0) is 37.2 Å². The number of ether oxygens (including phenoxy) is 1. The molecule has 0 amide bonds. The molecule has 0 saturated heterocycles. The van der Waals surface area contributed by atoms with Gasteiger partial charge in [-0.2, -0.15) is 5.10 Å². The summed E-state index contributed by atoms with van der Waals surface area (Å²) in [5, 5.41) is 11.5. The number of hydrogen-bond acceptors (Lipinski definition) is 4. The Kier molecular flexibility index (Phi) is 4.87. The van der Waals surface area contributed by atoms with Crippen LogP contribution in [0.4, 0.5) is 0 Å². The van der Waals surface area contributed by atoms with Gasteiger partial charge in [0.1, 0.15) is 0 Å². The predicted octanol–water partition coefficient (Wildman–Crippen LogP) is 2.75. The largest absolute Gasteiger partial charge is 0.480 e. The highest BCUT2D eigenvalue weighted by molar-refractivity contribution is 9.10. The van der Waals surface area contributed by atoms with Gasteiger partial charge in [0.2, 0.25) is 5.88 Å². The molecule has 0 radical (unpaired) electrons. The van der Waals surface area contributed by atoms with Crippen molar-refractivity contribution >= 4 is 15.9 Å². The fourth-order valence-electron chi connectivity index (χ4n) is 1.84. The molecule has 2 aromatic rings. The van der Waals surface area contributed by atoms with E-state index in [1.807, 2.05) is 31.3 Å². The van der Waals surface area contributed by atoms with Crippen molar-refractivity contribution < 1.29 is 4.74 Å². The van der Waals surface area contributed by atoms with E-state index in [2.05, 4.69) is 43.6 Å². The van der Waals surface area contributed by atoms with Crippen molar-refractivity contribution in [1.29, 1.82) is 0 Å². The monoisotopic (exact) mass is 321 g/mol. The van der Waals surface area contributed by atoms with Crippen molar-refractivity contribution in [3.05, 3.63) is 52.1 Å². The fraction of sp³-hybridized carbons (Fsp3) is 0.286. The summed E-state index contributed by atoms with van der Waals surface area (Å²) in [7, 11) is 3.51. The zero-order chi connectivity index (χ0) is 13.7. The van der Waals surface area contributed by atoms with Crippen molar-refractivity contribution in [2.45, 2.75) is 12.5 Å². The van der Waals surface area contributed by atoms with E-state index in [0.717, 1.165) is 16.6 Å². The third-order valence-electron chi connectivity index (χ3n) is 2.93. The molecule has 0 aliphatic rings. The van der Waals surface area contributed by atoms with E-state index in [0.29, 0.717) is 5.88 Å². The Balaban J connectivity index is 2.12. The van der Waals surface area contributed by atoms with Crippen LogP contribution in [-0.2, 0) is 6.42 Å². The van der Waals surface area contributed by atoms with Crippen LogP contribution in [0.3, 0.4) is 0 Å². The summed E-state index contributed by atoms with van der Waals surface area (Å²) in [5.74, 6) is 0.530. The van der Waals surface area contributed by atoms with Crippen molar-refractivity contribution in [1.82, 2.24) is 15.5 Å². The minimum Gasteiger partial charge on any atom is -0.480 e. The Morgan fingerprint density at radius 1 is 1.16 bits per heavy atom. The number of rotatable bonds is 5. The maximum absolute atomic E-state index is 5.01. The molecular weight excluding hydrogens is 306 g/mol. The summed E-state index contributed by atoms with van der Waals surface area (Å²) < 4.78 is 6.10. The molecule has 0 spiro atoms. The lowest BCUT2D eigenvalue weighted by Crippen LogP contribution is -2.20. The van der Waals surface area contributed by atoms with Gasteiger partial charge in [0, 0.05) is 10.5 Å². The maximum Gasteiger partial charge on any atom is 0.233 e. The second-order valence-corrected chi connectivity index (χ2v) is 5.09. The zero-order valence-electron chi connectivity index (χ0n) is 10.9. The number of nitrogens with zero attached hydrogens (tertiary/aromatic N) is 2. The van der Waals surface area contributed by atoms with Gasteiger partial charge in [0.05, 0.1) is 18.8 Å². The minimum absolute atomic E-state index is 0.139. The second-order valence-electron chi connectivity index (χ2n) is 4.17. The molecule has 0 bridgehead atoms. The quantitative estimate of drug-likeness (QED) is 0.919. The highest BCUT2D eigenvalue weighted by Gasteiger charge is 2.12.